The summed E-state index contributed by atoms with van der Waals surface area (Å²) in [7, 11) is 0. The first-order valence-electron chi connectivity index (χ1n) is 5.84. The van der Waals surface area contributed by atoms with Gasteiger partial charge in [-0.05, 0) is 43.8 Å². The first-order valence-corrected chi connectivity index (χ1v) is 7.06. The minimum absolute atomic E-state index is 0.591. The lowest BCUT2D eigenvalue weighted by Gasteiger charge is -2.20. The molecule has 2 rings (SSSR count). The molecule has 0 amide bonds. The van der Waals surface area contributed by atoms with Crippen LogP contribution in [-0.2, 0) is 0 Å². The molecule has 0 aromatic rings. The lowest BCUT2D eigenvalue weighted by atomic mass is 9.92. The average Bonchev–Trinajstić information content (AvgIpc) is 2.84. The molecule has 0 bridgehead atoms. The third kappa shape index (κ3) is 2.46. The highest BCUT2D eigenvalue weighted by Crippen LogP contribution is 2.47. The molecule has 0 spiro atoms. The van der Waals surface area contributed by atoms with Crippen molar-refractivity contribution in [3.63, 3.8) is 0 Å². The van der Waals surface area contributed by atoms with Gasteiger partial charge < -0.3 is 5.32 Å². The molecule has 14 heavy (non-hydrogen) atoms. The van der Waals surface area contributed by atoms with Crippen LogP contribution >= 0.6 is 11.8 Å². The number of hydrogen-bond acceptors (Lipinski definition) is 2. The summed E-state index contributed by atoms with van der Waals surface area (Å²) in [6.07, 6.45) is 9.27. The third-order valence-electron chi connectivity index (χ3n) is 3.92. The van der Waals surface area contributed by atoms with Gasteiger partial charge in [-0.15, -0.1) is 0 Å². The van der Waals surface area contributed by atoms with Gasteiger partial charge in [0.1, 0.15) is 0 Å². The molecule has 2 fully saturated rings. The lowest BCUT2D eigenvalue weighted by molar-refractivity contribution is 0.364. The summed E-state index contributed by atoms with van der Waals surface area (Å²) in [5.41, 5.74) is 0.591. The number of hydrogen-bond donors (Lipinski definition) is 1. The van der Waals surface area contributed by atoms with Crippen LogP contribution in [0, 0.1) is 5.41 Å². The van der Waals surface area contributed by atoms with E-state index in [1.807, 2.05) is 0 Å². The van der Waals surface area contributed by atoms with E-state index >= 15 is 0 Å². The number of nitrogens with one attached hydrogen (secondary N) is 1. The molecule has 0 radical (unpaired) electrons. The number of rotatable bonds is 4. The van der Waals surface area contributed by atoms with Crippen LogP contribution < -0.4 is 5.32 Å². The highest BCUT2D eigenvalue weighted by atomic mass is 32.2. The highest BCUT2D eigenvalue weighted by molar-refractivity contribution is 8.00. The van der Waals surface area contributed by atoms with E-state index in [9.17, 15) is 0 Å². The van der Waals surface area contributed by atoms with Crippen LogP contribution in [0.25, 0.3) is 0 Å². The molecular weight excluding hydrogens is 190 g/mol. The Bertz CT molecular complexity index is 208. The Kier molecular flexibility index (Phi) is 2.87. The molecule has 0 heterocycles. The predicted molar refractivity (Wildman–Crippen MR) is 64.9 cm³/mol. The van der Waals surface area contributed by atoms with Gasteiger partial charge in [0.05, 0.1) is 0 Å². The quantitative estimate of drug-likeness (QED) is 0.770. The van der Waals surface area contributed by atoms with Crippen molar-refractivity contribution in [2.24, 2.45) is 5.41 Å². The van der Waals surface area contributed by atoms with E-state index in [-0.39, 0.29) is 0 Å². The van der Waals surface area contributed by atoms with E-state index in [1.54, 1.807) is 0 Å². The van der Waals surface area contributed by atoms with E-state index < -0.39 is 0 Å². The summed E-state index contributed by atoms with van der Waals surface area (Å²) in [4.78, 5) is 0. The SMILES string of the molecule is CSC1(CNC2CCC(C)(C)C2)CC1. The molecule has 2 heteroatoms. The molecule has 2 saturated carbocycles. The van der Waals surface area contributed by atoms with E-state index in [0.717, 1.165) is 6.04 Å². The first kappa shape index (κ1) is 10.8. The van der Waals surface area contributed by atoms with Gasteiger partial charge in [-0.2, -0.15) is 11.8 Å². The fourth-order valence-corrected chi connectivity index (χ4v) is 3.27. The zero-order valence-corrected chi connectivity index (χ0v) is 10.5. The molecule has 1 atom stereocenters. The Hall–Kier alpha value is 0.310. The highest BCUT2D eigenvalue weighted by Gasteiger charge is 2.42. The van der Waals surface area contributed by atoms with Crippen LogP contribution in [0.1, 0.15) is 46.0 Å². The molecular formula is C12H23NS. The second-order valence-corrected chi connectivity index (χ2v) is 7.15. The Labute approximate surface area is 92.4 Å². The predicted octanol–water partition coefficient (Wildman–Crippen LogP) is 3.05. The molecule has 82 valence electrons. The number of thioether (sulfide) groups is 1. The first-order chi connectivity index (χ1) is 6.55. The van der Waals surface area contributed by atoms with Crippen molar-refractivity contribution in [2.45, 2.75) is 56.7 Å². The summed E-state index contributed by atoms with van der Waals surface area (Å²) < 4.78 is 0.632. The van der Waals surface area contributed by atoms with E-state index in [1.165, 1.54) is 38.6 Å². The zero-order valence-electron chi connectivity index (χ0n) is 9.73. The molecule has 0 aromatic carbocycles. The molecule has 1 nitrogen and oxygen atoms in total. The molecule has 2 aliphatic rings. The van der Waals surface area contributed by atoms with Crippen molar-refractivity contribution >= 4 is 11.8 Å². The minimum Gasteiger partial charge on any atom is -0.313 e. The van der Waals surface area contributed by atoms with Crippen molar-refractivity contribution in [1.82, 2.24) is 5.32 Å². The van der Waals surface area contributed by atoms with Gasteiger partial charge in [-0.1, -0.05) is 13.8 Å². The molecule has 1 N–H and O–H groups in total. The average molecular weight is 213 g/mol. The molecule has 0 aromatic heterocycles. The van der Waals surface area contributed by atoms with Gasteiger partial charge in [0.15, 0.2) is 0 Å². The molecule has 0 aliphatic heterocycles. The van der Waals surface area contributed by atoms with Gasteiger partial charge in [0.2, 0.25) is 0 Å². The fraction of sp³-hybridized carbons (Fsp3) is 1.00. The Morgan fingerprint density at radius 1 is 1.29 bits per heavy atom. The smallest absolute Gasteiger partial charge is 0.0282 e. The zero-order chi connectivity index (χ0) is 10.2. The van der Waals surface area contributed by atoms with Crippen molar-refractivity contribution in [3.8, 4) is 0 Å². The van der Waals surface area contributed by atoms with Crippen LogP contribution in [0.5, 0.6) is 0 Å². The maximum absolute atomic E-state index is 3.77. The summed E-state index contributed by atoms with van der Waals surface area (Å²) in [5.74, 6) is 0. The van der Waals surface area contributed by atoms with Crippen molar-refractivity contribution in [2.75, 3.05) is 12.8 Å². The van der Waals surface area contributed by atoms with Gasteiger partial charge in [0, 0.05) is 17.3 Å². The van der Waals surface area contributed by atoms with E-state index in [0.29, 0.717) is 10.2 Å². The summed E-state index contributed by atoms with van der Waals surface area (Å²) >= 11 is 2.06. The van der Waals surface area contributed by atoms with E-state index in [2.05, 4.69) is 37.2 Å². The van der Waals surface area contributed by atoms with Gasteiger partial charge in [0.25, 0.3) is 0 Å². The van der Waals surface area contributed by atoms with Crippen molar-refractivity contribution in [3.05, 3.63) is 0 Å². The fourth-order valence-electron chi connectivity index (χ4n) is 2.53. The van der Waals surface area contributed by atoms with Crippen molar-refractivity contribution in [1.29, 1.82) is 0 Å². The molecule has 2 aliphatic carbocycles. The van der Waals surface area contributed by atoms with Crippen LogP contribution in [0.2, 0.25) is 0 Å². The van der Waals surface area contributed by atoms with Crippen LogP contribution in [0.15, 0.2) is 0 Å². The molecule has 1 unspecified atom stereocenters. The Morgan fingerprint density at radius 3 is 2.43 bits per heavy atom. The van der Waals surface area contributed by atoms with Crippen LogP contribution in [0.4, 0.5) is 0 Å². The maximum atomic E-state index is 3.77. The normalized spacial score (nSPS) is 33.2. The molecule has 0 saturated heterocycles. The van der Waals surface area contributed by atoms with Crippen molar-refractivity contribution < 1.29 is 0 Å². The second kappa shape index (κ2) is 3.71. The largest absolute Gasteiger partial charge is 0.313 e. The van der Waals surface area contributed by atoms with Gasteiger partial charge in [-0.3, -0.25) is 0 Å². The van der Waals surface area contributed by atoms with Gasteiger partial charge >= 0.3 is 0 Å². The Balaban J connectivity index is 1.72. The monoisotopic (exact) mass is 213 g/mol. The summed E-state index contributed by atoms with van der Waals surface area (Å²) in [5, 5.41) is 3.77. The summed E-state index contributed by atoms with van der Waals surface area (Å²) in [6, 6.07) is 0.801. The summed E-state index contributed by atoms with van der Waals surface area (Å²) in [6.45, 7) is 6.04. The van der Waals surface area contributed by atoms with E-state index in [4.69, 9.17) is 0 Å². The maximum Gasteiger partial charge on any atom is 0.0282 e. The Morgan fingerprint density at radius 2 is 2.00 bits per heavy atom. The third-order valence-corrected chi connectivity index (χ3v) is 5.34. The van der Waals surface area contributed by atoms with Gasteiger partial charge in [-0.25, -0.2) is 0 Å². The topological polar surface area (TPSA) is 12.0 Å². The van der Waals surface area contributed by atoms with Crippen LogP contribution in [0.3, 0.4) is 0 Å². The van der Waals surface area contributed by atoms with Crippen LogP contribution in [-0.4, -0.2) is 23.6 Å². The minimum atomic E-state index is 0.591. The lowest BCUT2D eigenvalue weighted by Crippen LogP contribution is -2.34. The standard InChI is InChI=1S/C12H23NS/c1-11(2)5-4-10(8-11)13-9-12(14-3)6-7-12/h10,13H,4-9H2,1-3H3. The second-order valence-electron chi connectivity index (χ2n) is 5.87.